The highest BCUT2D eigenvalue weighted by atomic mass is 35.5. The van der Waals surface area contributed by atoms with Crippen molar-refractivity contribution in [3.05, 3.63) is 35.9 Å². The summed E-state index contributed by atoms with van der Waals surface area (Å²) in [4.78, 5) is 26.4. The Morgan fingerprint density at radius 2 is 2.09 bits per heavy atom. The summed E-state index contributed by atoms with van der Waals surface area (Å²) in [5.41, 5.74) is -0.177. The predicted octanol–water partition coefficient (Wildman–Crippen LogP) is 2.79. The van der Waals surface area contributed by atoms with Crippen LogP contribution in [0.15, 0.2) is 30.3 Å². The Hall–Kier alpha value is -1.20. The largest absolute Gasteiger partial charge is 0.459 e. The van der Waals surface area contributed by atoms with Crippen molar-refractivity contribution in [1.82, 2.24) is 4.90 Å². The third-order valence-electron chi connectivity index (χ3n) is 4.49. The van der Waals surface area contributed by atoms with Gasteiger partial charge in [0.05, 0.1) is 17.7 Å². The fraction of sp³-hybridized carbons (Fsp3) is 0.500. The van der Waals surface area contributed by atoms with Crippen molar-refractivity contribution in [3.63, 3.8) is 0 Å². The molecular weight excluding hydrogens is 322 g/mol. The van der Waals surface area contributed by atoms with Crippen LogP contribution in [0.2, 0.25) is 0 Å². The first-order chi connectivity index (χ1) is 10.4. The van der Waals surface area contributed by atoms with Crippen molar-refractivity contribution in [1.29, 1.82) is 0 Å². The Kier molecular flexibility index (Phi) is 3.89. The molecule has 2 aliphatic heterocycles. The quantitative estimate of drug-likeness (QED) is 0.481. The maximum absolute atomic E-state index is 12.8. The first kappa shape index (κ1) is 15.7. The molecule has 1 aromatic rings. The van der Waals surface area contributed by atoms with Gasteiger partial charge in [0.15, 0.2) is 5.54 Å². The lowest BCUT2D eigenvalue weighted by atomic mass is 9.83. The maximum Gasteiger partial charge on any atom is 0.335 e. The summed E-state index contributed by atoms with van der Waals surface area (Å²) < 4.78 is 5.04. The standard InChI is InChI=1S/C16H18ClNO3S/c1-15(2)16(10-17,18-12(19)8-13(18)22-15)14(20)21-9-11-6-4-3-5-7-11/h3-7,13H,8-10H2,1-2H3/t13-,16+/m1/s1. The van der Waals surface area contributed by atoms with Crippen LogP contribution < -0.4 is 0 Å². The third kappa shape index (κ3) is 2.14. The summed E-state index contributed by atoms with van der Waals surface area (Å²) in [6.45, 7) is 4.09. The molecule has 6 heteroatoms. The molecule has 0 aromatic heterocycles. The van der Waals surface area contributed by atoms with Crippen LogP contribution in [0.25, 0.3) is 0 Å². The summed E-state index contributed by atoms with van der Waals surface area (Å²) in [5, 5.41) is 0.0329. The molecule has 2 saturated heterocycles. The van der Waals surface area contributed by atoms with E-state index in [4.69, 9.17) is 16.3 Å². The van der Waals surface area contributed by atoms with E-state index in [0.29, 0.717) is 6.42 Å². The molecule has 4 nitrogen and oxygen atoms in total. The molecule has 2 aliphatic rings. The normalized spacial score (nSPS) is 29.0. The second-order valence-electron chi connectivity index (χ2n) is 6.11. The number of thioether (sulfide) groups is 1. The van der Waals surface area contributed by atoms with E-state index in [1.165, 1.54) is 0 Å². The molecule has 0 radical (unpaired) electrons. The minimum Gasteiger partial charge on any atom is -0.459 e. The highest BCUT2D eigenvalue weighted by Crippen LogP contribution is 2.57. The van der Waals surface area contributed by atoms with Gasteiger partial charge in [-0.2, -0.15) is 0 Å². The van der Waals surface area contributed by atoms with Crippen LogP contribution in [-0.4, -0.2) is 38.3 Å². The van der Waals surface area contributed by atoms with E-state index < -0.39 is 16.3 Å². The zero-order valence-corrected chi connectivity index (χ0v) is 14.1. The molecule has 0 unspecified atom stereocenters. The van der Waals surface area contributed by atoms with E-state index in [0.717, 1.165) is 5.56 Å². The Morgan fingerprint density at radius 3 is 2.68 bits per heavy atom. The monoisotopic (exact) mass is 339 g/mol. The summed E-state index contributed by atoms with van der Waals surface area (Å²) in [5.74, 6) is -0.400. The van der Waals surface area contributed by atoms with E-state index in [9.17, 15) is 9.59 Å². The molecule has 0 bridgehead atoms. The number of amides is 1. The van der Waals surface area contributed by atoms with Crippen molar-refractivity contribution in [2.24, 2.45) is 0 Å². The van der Waals surface area contributed by atoms with Gasteiger partial charge in [-0.3, -0.25) is 4.79 Å². The fourth-order valence-electron chi connectivity index (χ4n) is 3.13. The van der Waals surface area contributed by atoms with E-state index in [1.54, 1.807) is 16.7 Å². The summed E-state index contributed by atoms with van der Waals surface area (Å²) >= 11 is 7.80. The van der Waals surface area contributed by atoms with Crippen LogP contribution in [0.1, 0.15) is 25.8 Å². The van der Waals surface area contributed by atoms with Gasteiger partial charge in [-0.05, 0) is 19.4 Å². The van der Waals surface area contributed by atoms with Crippen LogP contribution in [-0.2, 0) is 20.9 Å². The van der Waals surface area contributed by atoms with E-state index >= 15 is 0 Å². The van der Waals surface area contributed by atoms with Crippen LogP contribution >= 0.6 is 23.4 Å². The van der Waals surface area contributed by atoms with Crippen LogP contribution in [0, 0.1) is 0 Å². The highest BCUT2D eigenvalue weighted by molar-refractivity contribution is 8.01. The van der Waals surface area contributed by atoms with Crippen LogP contribution in [0.4, 0.5) is 0 Å². The van der Waals surface area contributed by atoms with E-state index in [2.05, 4.69) is 0 Å². The van der Waals surface area contributed by atoms with Crippen molar-refractivity contribution in [2.75, 3.05) is 5.88 Å². The number of halogens is 1. The van der Waals surface area contributed by atoms with Gasteiger partial charge in [0, 0.05) is 4.75 Å². The number of esters is 1. The number of rotatable bonds is 4. The van der Waals surface area contributed by atoms with Gasteiger partial charge in [0.25, 0.3) is 0 Å². The molecular formula is C16H18ClNO3S. The molecule has 22 heavy (non-hydrogen) atoms. The summed E-state index contributed by atoms with van der Waals surface area (Å²) in [6, 6.07) is 9.49. The van der Waals surface area contributed by atoms with E-state index in [-0.39, 0.29) is 23.8 Å². The Bertz CT molecular complexity index is 607. The molecule has 2 atom stereocenters. The minimum atomic E-state index is -1.09. The Balaban J connectivity index is 1.82. The SMILES string of the molecule is CC1(C)S[C@@H]2CC(=O)N2[C@@]1(CCl)C(=O)OCc1ccccc1. The molecule has 2 heterocycles. The lowest BCUT2D eigenvalue weighted by Gasteiger charge is -2.46. The van der Waals surface area contributed by atoms with Gasteiger partial charge in [0.2, 0.25) is 5.91 Å². The van der Waals surface area contributed by atoms with Crippen molar-refractivity contribution in [2.45, 2.75) is 42.5 Å². The molecule has 1 aromatic carbocycles. The first-order valence-corrected chi connectivity index (χ1v) is 8.61. The Labute approximate surface area is 139 Å². The second kappa shape index (κ2) is 5.46. The van der Waals surface area contributed by atoms with Gasteiger partial charge < -0.3 is 9.64 Å². The van der Waals surface area contributed by atoms with Gasteiger partial charge in [-0.1, -0.05) is 30.3 Å². The van der Waals surface area contributed by atoms with Crippen molar-refractivity contribution in [3.8, 4) is 0 Å². The smallest absolute Gasteiger partial charge is 0.335 e. The number of alkyl halides is 1. The number of β-lactam (4-membered cyclic amide) rings is 1. The van der Waals surface area contributed by atoms with Gasteiger partial charge in [-0.15, -0.1) is 23.4 Å². The molecule has 118 valence electrons. The van der Waals surface area contributed by atoms with Gasteiger partial charge in [0.1, 0.15) is 6.61 Å². The molecule has 3 rings (SSSR count). The fourth-order valence-corrected chi connectivity index (χ4v) is 5.54. The average Bonchev–Trinajstić information content (AvgIpc) is 2.68. The summed E-state index contributed by atoms with van der Waals surface area (Å²) in [6.07, 6.45) is 0.471. The van der Waals surface area contributed by atoms with E-state index in [1.807, 2.05) is 44.2 Å². The number of fused-ring (bicyclic) bond motifs is 1. The first-order valence-electron chi connectivity index (χ1n) is 7.19. The van der Waals surface area contributed by atoms with Gasteiger partial charge >= 0.3 is 5.97 Å². The number of hydrogen-bond acceptors (Lipinski definition) is 4. The number of carbonyl (C=O) groups excluding carboxylic acids is 2. The van der Waals surface area contributed by atoms with Crippen LogP contribution in [0.3, 0.4) is 0 Å². The maximum atomic E-state index is 12.8. The van der Waals surface area contributed by atoms with Crippen molar-refractivity contribution >= 4 is 35.2 Å². The zero-order valence-electron chi connectivity index (χ0n) is 12.5. The Morgan fingerprint density at radius 1 is 1.41 bits per heavy atom. The number of carbonyl (C=O) groups is 2. The average molecular weight is 340 g/mol. The zero-order chi connectivity index (χ0) is 16.0. The molecule has 2 fully saturated rings. The van der Waals surface area contributed by atoms with Gasteiger partial charge in [-0.25, -0.2) is 4.79 Å². The second-order valence-corrected chi connectivity index (χ2v) is 8.17. The number of ether oxygens (including phenoxy) is 1. The number of nitrogens with zero attached hydrogens (tertiary/aromatic N) is 1. The molecule has 0 N–H and O–H groups in total. The molecule has 0 saturated carbocycles. The minimum absolute atomic E-state index is 0.0274. The lowest BCUT2D eigenvalue weighted by molar-refractivity contribution is -0.171. The predicted molar refractivity (Wildman–Crippen MR) is 86.6 cm³/mol. The third-order valence-corrected chi connectivity index (χ3v) is 6.45. The summed E-state index contributed by atoms with van der Waals surface area (Å²) in [7, 11) is 0. The molecule has 1 amide bonds. The van der Waals surface area contributed by atoms with Crippen molar-refractivity contribution < 1.29 is 14.3 Å². The number of hydrogen-bond donors (Lipinski definition) is 0. The molecule has 0 aliphatic carbocycles. The number of benzene rings is 1. The lowest BCUT2D eigenvalue weighted by Crippen LogP contribution is -2.68. The van der Waals surface area contributed by atoms with Crippen LogP contribution in [0.5, 0.6) is 0 Å². The highest BCUT2D eigenvalue weighted by Gasteiger charge is 2.69. The topological polar surface area (TPSA) is 46.6 Å². The molecule has 0 spiro atoms.